The lowest BCUT2D eigenvalue weighted by molar-refractivity contribution is 0.167. The van der Waals surface area contributed by atoms with E-state index in [0.717, 1.165) is 5.56 Å². The molecule has 0 spiro atoms. The van der Waals surface area contributed by atoms with E-state index in [4.69, 9.17) is 0 Å². The van der Waals surface area contributed by atoms with Crippen molar-refractivity contribution in [2.45, 2.75) is 44.7 Å². The molecule has 2 atom stereocenters. The van der Waals surface area contributed by atoms with E-state index in [1.807, 2.05) is 6.07 Å². The standard InChI is InChI=1S/C15H25NOS/c1-10(2)12(4)16-9-14(17)13-6-7-15(18-5)11(3)8-13/h6-8,10,12,14,16-17H,9H2,1-5H3. The summed E-state index contributed by atoms with van der Waals surface area (Å²) in [4.78, 5) is 1.27. The first-order valence-corrected chi connectivity index (χ1v) is 7.74. The predicted octanol–water partition coefficient (Wildman–Crippen LogP) is 3.38. The van der Waals surface area contributed by atoms with Crippen molar-refractivity contribution < 1.29 is 5.11 Å². The minimum atomic E-state index is -0.430. The fourth-order valence-corrected chi connectivity index (χ4v) is 2.34. The van der Waals surface area contributed by atoms with E-state index >= 15 is 0 Å². The lowest BCUT2D eigenvalue weighted by Crippen LogP contribution is -2.34. The molecule has 2 N–H and O–H groups in total. The second kappa shape index (κ2) is 7.17. The molecule has 0 aromatic heterocycles. The lowest BCUT2D eigenvalue weighted by Gasteiger charge is -2.20. The molecular formula is C15H25NOS. The van der Waals surface area contributed by atoms with Gasteiger partial charge in [0.05, 0.1) is 6.10 Å². The molecule has 102 valence electrons. The van der Waals surface area contributed by atoms with Crippen LogP contribution in [0.15, 0.2) is 23.1 Å². The highest BCUT2D eigenvalue weighted by Gasteiger charge is 2.12. The van der Waals surface area contributed by atoms with Gasteiger partial charge in [0.2, 0.25) is 0 Å². The van der Waals surface area contributed by atoms with Crippen molar-refractivity contribution in [3.8, 4) is 0 Å². The number of aliphatic hydroxyl groups is 1. The number of aliphatic hydroxyl groups excluding tert-OH is 1. The molecule has 0 fully saturated rings. The quantitative estimate of drug-likeness (QED) is 0.775. The van der Waals surface area contributed by atoms with Crippen LogP contribution in [0, 0.1) is 12.8 Å². The highest BCUT2D eigenvalue weighted by molar-refractivity contribution is 7.98. The van der Waals surface area contributed by atoms with Gasteiger partial charge in [0, 0.05) is 17.5 Å². The topological polar surface area (TPSA) is 32.3 Å². The van der Waals surface area contributed by atoms with E-state index in [-0.39, 0.29) is 0 Å². The third-order valence-corrected chi connectivity index (χ3v) is 4.33. The van der Waals surface area contributed by atoms with Crippen LogP contribution in [-0.2, 0) is 0 Å². The van der Waals surface area contributed by atoms with E-state index < -0.39 is 6.10 Å². The normalized spacial score (nSPS) is 14.8. The highest BCUT2D eigenvalue weighted by Crippen LogP contribution is 2.23. The Bertz CT molecular complexity index is 379. The molecule has 0 heterocycles. The number of rotatable bonds is 6. The van der Waals surface area contributed by atoms with Gasteiger partial charge in [-0.1, -0.05) is 26.0 Å². The first kappa shape index (κ1) is 15.5. The van der Waals surface area contributed by atoms with Crippen molar-refractivity contribution in [2.75, 3.05) is 12.8 Å². The van der Waals surface area contributed by atoms with Crippen molar-refractivity contribution in [2.24, 2.45) is 5.92 Å². The summed E-state index contributed by atoms with van der Waals surface area (Å²) in [5.74, 6) is 0.581. The molecule has 0 radical (unpaired) electrons. The molecule has 0 aliphatic heterocycles. The van der Waals surface area contributed by atoms with Crippen LogP contribution >= 0.6 is 11.8 Å². The summed E-state index contributed by atoms with van der Waals surface area (Å²) in [7, 11) is 0. The maximum atomic E-state index is 10.2. The van der Waals surface area contributed by atoms with Crippen molar-refractivity contribution in [3.05, 3.63) is 29.3 Å². The summed E-state index contributed by atoms with van der Waals surface area (Å²) in [6.45, 7) is 9.21. The Morgan fingerprint density at radius 1 is 1.28 bits per heavy atom. The van der Waals surface area contributed by atoms with Gasteiger partial charge in [-0.2, -0.15) is 0 Å². The molecule has 0 saturated carbocycles. The molecule has 3 heteroatoms. The molecule has 2 unspecified atom stereocenters. The van der Waals surface area contributed by atoms with E-state index in [1.54, 1.807) is 11.8 Å². The second-order valence-electron chi connectivity index (χ2n) is 5.19. The Hall–Kier alpha value is -0.510. The number of benzene rings is 1. The van der Waals surface area contributed by atoms with Gasteiger partial charge in [-0.25, -0.2) is 0 Å². The number of nitrogens with one attached hydrogen (secondary N) is 1. The van der Waals surface area contributed by atoms with Crippen LogP contribution in [0.3, 0.4) is 0 Å². The Kier molecular flexibility index (Phi) is 6.19. The maximum Gasteiger partial charge on any atom is 0.0914 e. The number of hydrogen-bond donors (Lipinski definition) is 2. The van der Waals surface area contributed by atoms with Gasteiger partial charge in [-0.05, 0) is 43.2 Å². The van der Waals surface area contributed by atoms with E-state index in [2.05, 4.69) is 51.4 Å². The van der Waals surface area contributed by atoms with Gasteiger partial charge >= 0.3 is 0 Å². The van der Waals surface area contributed by atoms with Gasteiger partial charge in [0.15, 0.2) is 0 Å². The summed E-state index contributed by atoms with van der Waals surface area (Å²) in [5, 5.41) is 13.5. The average Bonchev–Trinajstić information content (AvgIpc) is 2.35. The molecule has 1 rings (SSSR count). The molecule has 18 heavy (non-hydrogen) atoms. The maximum absolute atomic E-state index is 10.2. The summed E-state index contributed by atoms with van der Waals surface area (Å²) in [6.07, 6.45) is 1.64. The molecule has 0 amide bonds. The monoisotopic (exact) mass is 267 g/mol. The molecular weight excluding hydrogens is 242 g/mol. The first-order chi connectivity index (χ1) is 8.45. The first-order valence-electron chi connectivity index (χ1n) is 6.51. The van der Waals surface area contributed by atoms with Crippen LogP contribution < -0.4 is 5.32 Å². The zero-order chi connectivity index (χ0) is 13.7. The fraction of sp³-hybridized carbons (Fsp3) is 0.600. The minimum Gasteiger partial charge on any atom is -0.387 e. The van der Waals surface area contributed by atoms with Gasteiger partial charge in [-0.3, -0.25) is 0 Å². The van der Waals surface area contributed by atoms with E-state index in [9.17, 15) is 5.11 Å². The average molecular weight is 267 g/mol. The van der Waals surface area contributed by atoms with E-state index in [1.165, 1.54) is 10.5 Å². The second-order valence-corrected chi connectivity index (χ2v) is 6.03. The lowest BCUT2D eigenvalue weighted by atomic mass is 10.0. The molecule has 0 saturated heterocycles. The zero-order valence-electron chi connectivity index (χ0n) is 12.0. The number of hydrogen-bond acceptors (Lipinski definition) is 3. The molecule has 1 aromatic rings. The largest absolute Gasteiger partial charge is 0.387 e. The number of aryl methyl sites for hydroxylation is 1. The summed E-state index contributed by atoms with van der Waals surface area (Å²) >= 11 is 1.74. The van der Waals surface area contributed by atoms with Gasteiger partial charge in [0.25, 0.3) is 0 Å². The molecule has 0 aliphatic carbocycles. The Morgan fingerprint density at radius 2 is 1.94 bits per heavy atom. The predicted molar refractivity (Wildman–Crippen MR) is 80.2 cm³/mol. The van der Waals surface area contributed by atoms with Crippen LogP contribution in [0.1, 0.15) is 38.0 Å². The fourth-order valence-electron chi connectivity index (χ4n) is 1.76. The SMILES string of the molecule is CSc1ccc(C(O)CNC(C)C(C)C)cc1C. The Balaban J connectivity index is 2.61. The summed E-state index contributed by atoms with van der Waals surface area (Å²) in [6, 6.07) is 6.61. The van der Waals surface area contributed by atoms with Crippen molar-refractivity contribution >= 4 is 11.8 Å². The molecule has 1 aromatic carbocycles. The molecule has 0 aliphatic rings. The van der Waals surface area contributed by atoms with Crippen molar-refractivity contribution in [1.29, 1.82) is 0 Å². The van der Waals surface area contributed by atoms with Gasteiger partial charge in [-0.15, -0.1) is 11.8 Å². The third kappa shape index (κ3) is 4.30. The van der Waals surface area contributed by atoms with Crippen molar-refractivity contribution in [3.63, 3.8) is 0 Å². The Labute approximate surface area is 115 Å². The third-order valence-electron chi connectivity index (χ3n) is 3.44. The summed E-state index contributed by atoms with van der Waals surface area (Å²) < 4.78 is 0. The zero-order valence-corrected chi connectivity index (χ0v) is 12.8. The van der Waals surface area contributed by atoms with Crippen LogP contribution in [0.4, 0.5) is 0 Å². The summed E-state index contributed by atoms with van der Waals surface area (Å²) in [5.41, 5.74) is 2.23. The van der Waals surface area contributed by atoms with Gasteiger partial charge in [0.1, 0.15) is 0 Å². The van der Waals surface area contributed by atoms with Crippen LogP contribution in [0.2, 0.25) is 0 Å². The number of thioether (sulfide) groups is 1. The molecule has 2 nitrogen and oxygen atoms in total. The van der Waals surface area contributed by atoms with Crippen LogP contribution in [-0.4, -0.2) is 23.9 Å². The highest BCUT2D eigenvalue weighted by atomic mass is 32.2. The Morgan fingerprint density at radius 3 is 2.44 bits per heavy atom. The van der Waals surface area contributed by atoms with Gasteiger partial charge < -0.3 is 10.4 Å². The minimum absolute atomic E-state index is 0.422. The van der Waals surface area contributed by atoms with Crippen molar-refractivity contribution in [1.82, 2.24) is 5.32 Å². The van der Waals surface area contributed by atoms with E-state index in [0.29, 0.717) is 18.5 Å². The van der Waals surface area contributed by atoms with Crippen LogP contribution in [0.5, 0.6) is 0 Å². The van der Waals surface area contributed by atoms with Crippen LogP contribution in [0.25, 0.3) is 0 Å². The smallest absolute Gasteiger partial charge is 0.0914 e. The molecule has 0 bridgehead atoms.